The van der Waals surface area contributed by atoms with Gasteiger partial charge in [-0.2, -0.15) is 15.2 Å². The highest BCUT2D eigenvalue weighted by molar-refractivity contribution is 6.36. The van der Waals surface area contributed by atoms with Gasteiger partial charge in [-0.15, -0.1) is 0 Å². The summed E-state index contributed by atoms with van der Waals surface area (Å²) >= 11 is 6.61. The van der Waals surface area contributed by atoms with Gasteiger partial charge in [-0.1, -0.05) is 48.5 Å². The predicted molar refractivity (Wildman–Crippen MR) is 176 cm³/mol. The molecule has 11 heteroatoms. The molecule has 5 heterocycles. The highest BCUT2D eigenvalue weighted by Gasteiger charge is 2.45. The minimum Gasteiger partial charge on any atom is -0.461 e. The number of nitrogens with zero attached hydrogens (tertiary/aromatic N) is 7. The average molecular weight is 640 g/mol. The Bertz CT molecular complexity index is 1880. The molecule has 236 valence electrons. The van der Waals surface area contributed by atoms with Crippen molar-refractivity contribution in [2.24, 2.45) is 0 Å². The summed E-state index contributed by atoms with van der Waals surface area (Å²) in [5.74, 6) is -0.365. The second kappa shape index (κ2) is 12.1. The number of likely N-dealkylation sites (tertiary alicyclic amines) is 1. The third-order valence-corrected chi connectivity index (χ3v) is 10.4. The van der Waals surface area contributed by atoms with Crippen molar-refractivity contribution in [3.63, 3.8) is 0 Å². The molecule has 0 radical (unpaired) electrons. The molecule has 3 fully saturated rings. The Balaban J connectivity index is 1.33. The van der Waals surface area contributed by atoms with E-state index < -0.39 is 5.82 Å². The van der Waals surface area contributed by atoms with Gasteiger partial charge in [0.05, 0.1) is 23.4 Å². The Labute approximate surface area is 272 Å². The van der Waals surface area contributed by atoms with Crippen LogP contribution in [-0.4, -0.2) is 81.6 Å². The molecule has 9 nitrogen and oxygen atoms in total. The molecule has 4 aromatic rings. The van der Waals surface area contributed by atoms with Crippen molar-refractivity contribution in [1.29, 1.82) is 5.26 Å². The van der Waals surface area contributed by atoms with E-state index in [9.17, 15) is 10.1 Å². The largest absolute Gasteiger partial charge is 0.461 e. The zero-order valence-electron chi connectivity index (χ0n) is 25.8. The predicted octanol–water partition coefficient (Wildman–Crippen LogP) is 6.15. The number of aromatic nitrogens is 3. The van der Waals surface area contributed by atoms with Crippen molar-refractivity contribution in [1.82, 2.24) is 24.8 Å². The molecule has 7 rings (SSSR count). The van der Waals surface area contributed by atoms with Crippen molar-refractivity contribution in [2.45, 2.75) is 56.1 Å². The van der Waals surface area contributed by atoms with Gasteiger partial charge < -0.3 is 14.5 Å². The molecule has 46 heavy (non-hydrogen) atoms. The highest BCUT2D eigenvalue weighted by Crippen LogP contribution is 2.41. The minimum atomic E-state index is -0.592. The van der Waals surface area contributed by atoms with Crippen LogP contribution >= 0.6 is 11.6 Å². The Kier molecular flexibility index (Phi) is 7.99. The number of anilines is 1. The number of nitriles is 1. The molecule has 3 aliphatic heterocycles. The number of rotatable bonds is 8. The van der Waals surface area contributed by atoms with Crippen LogP contribution in [0.2, 0.25) is 5.02 Å². The molecule has 3 saturated heterocycles. The number of benzene rings is 2. The Hall–Kier alpha value is -4.33. The van der Waals surface area contributed by atoms with Crippen LogP contribution in [-0.2, 0) is 4.79 Å². The summed E-state index contributed by atoms with van der Waals surface area (Å²) in [5.41, 5.74) is 0.754. The topological polar surface area (TPSA) is 98.5 Å². The number of likely N-dealkylation sites (N-methyl/N-ethyl adjacent to an activating group) is 1. The third kappa shape index (κ3) is 5.12. The smallest absolute Gasteiger partial charge is 0.319 e. The van der Waals surface area contributed by atoms with Crippen LogP contribution in [0.25, 0.3) is 32.9 Å². The summed E-state index contributed by atoms with van der Waals surface area (Å²) in [7, 11) is 1.87. The first-order valence-corrected chi connectivity index (χ1v) is 16.2. The van der Waals surface area contributed by atoms with Crippen LogP contribution < -0.4 is 9.64 Å². The van der Waals surface area contributed by atoms with E-state index >= 15 is 4.39 Å². The first kappa shape index (κ1) is 30.3. The average Bonchev–Trinajstić information content (AvgIpc) is 3.78. The standard InChI is InChI=1S/C35H35ClFN7O2/c1-3-28(45)44-20-24(18-23(44)12-15-38)42(2)33-26-19-39-31(25-10-4-8-22-9-5-11-27(36)29(22)25)30(37)32(26)40-34(41-33)46-21-35-13-6-16-43(35)17-7-14-35/h3-5,8-11,19,23-24H,1,6-7,12-14,16-18,20-21H2,2H3. The number of carbonyl (C=O) groups is 1. The molecule has 0 N–H and O–H groups in total. The van der Waals surface area contributed by atoms with Gasteiger partial charge in [0.15, 0.2) is 5.82 Å². The van der Waals surface area contributed by atoms with Crippen LogP contribution in [0.5, 0.6) is 6.01 Å². The SMILES string of the molecule is C=CC(=O)N1CC(N(C)c2nc(OCC34CCCN3CCC4)nc3c(F)c(-c4cccc5cccc(Cl)c45)ncc23)CC1CC#N. The number of hydrogen-bond donors (Lipinski definition) is 0. The molecule has 2 unspecified atom stereocenters. The molecule has 0 spiro atoms. The molecule has 2 aromatic heterocycles. The maximum Gasteiger partial charge on any atom is 0.319 e. The number of hydrogen-bond acceptors (Lipinski definition) is 8. The first-order valence-electron chi connectivity index (χ1n) is 15.8. The van der Waals surface area contributed by atoms with Crippen molar-refractivity contribution >= 4 is 45.0 Å². The third-order valence-electron chi connectivity index (χ3n) is 10.1. The van der Waals surface area contributed by atoms with Gasteiger partial charge >= 0.3 is 6.01 Å². The van der Waals surface area contributed by atoms with E-state index in [1.165, 1.54) is 6.08 Å². The second-order valence-corrected chi connectivity index (χ2v) is 13.0. The maximum absolute atomic E-state index is 16.8. The molecule has 2 aromatic carbocycles. The molecular weight excluding hydrogens is 605 g/mol. The van der Waals surface area contributed by atoms with E-state index in [2.05, 4.69) is 27.5 Å². The molecule has 0 saturated carbocycles. The van der Waals surface area contributed by atoms with Crippen LogP contribution in [0.4, 0.5) is 10.2 Å². The minimum absolute atomic E-state index is 0.0481. The summed E-state index contributed by atoms with van der Waals surface area (Å²) in [4.78, 5) is 32.9. The summed E-state index contributed by atoms with van der Waals surface area (Å²) in [6.07, 6.45) is 7.97. The van der Waals surface area contributed by atoms with Crippen LogP contribution in [0.3, 0.4) is 0 Å². The second-order valence-electron chi connectivity index (χ2n) is 12.6. The summed E-state index contributed by atoms with van der Waals surface area (Å²) in [5, 5.41) is 12.0. The molecular formula is C35H35ClFN7O2. The first-order chi connectivity index (χ1) is 22.3. The van der Waals surface area contributed by atoms with E-state index in [0.29, 0.717) is 46.7 Å². The molecule has 3 aliphatic rings. The number of ether oxygens (including phenoxy) is 1. The summed E-state index contributed by atoms with van der Waals surface area (Å²) < 4.78 is 23.1. The van der Waals surface area contributed by atoms with Gasteiger partial charge in [-0.05, 0) is 62.7 Å². The number of pyridine rings is 1. The van der Waals surface area contributed by atoms with Crippen LogP contribution in [0, 0.1) is 17.1 Å². The molecule has 0 aliphatic carbocycles. The van der Waals surface area contributed by atoms with Crippen molar-refractivity contribution < 1.29 is 13.9 Å². The number of amides is 1. The summed E-state index contributed by atoms with van der Waals surface area (Å²) in [6, 6.07) is 13.0. The van der Waals surface area contributed by atoms with Gasteiger partial charge in [0.25, 0.3) is 0 Å². The monoisotopic (exact) mass is 639 g/mol. The van der Waals surface area contributed by atoms with E-state index in [4.69, 9.17) is 21.3 Å². The lowest BCUT2D eigenvalue weighted by Gasteiger charge is -2.31. The van der Waals surface area contributed by atoms with E-state index in [0.717, 1.165) is 44.2 Å². The molecule has 1 amide bonds. The fourth-order valence-corrected chi connectivity index (χ4v) is 8.01. The van der Waals surface area contributed by atoms with Crippen molar-refractivity contribution in [2.75, 3.05) is 38.2 Å². The van der Waals surface area contributed by atoms with Gasteiger partial charge in [0.1, 0.15) is 23.6 Å². The summed E-state index contributed by atoms with van der Waals surface area (Å²) in [6.45, 7) is 6.54. The quantitative estimate of drug-likeness (QED) is 0.212. The zero-order chi connectivity index (χ0) is 32.0. The van der Waals surface area contributed by atoms with Gasteiger partial charge in [-0.25, -0.2) is 4.39 Å². The maximum atomic E-state index is 16.8. The number of halogens is 2. The van der Waals surface area contributed by atoms with Crippen molar-refractivity contribution in [3.05, 3.63) is 66.1 Å². The number of fused-ring (bicyclic) bond motifs is 3. The lowest BCUT2D eigenvalue weighted by atomic mass is 9.95. The van der Waals surface area contributed by atoms with Gasteiger partial charge in [0, 0.05) is 47.8 Å². The van der Waals surface area contributed by atoms with Crippen LogP contribution in [0.1, 0.15) is 38.5 Å². The number of carbonyl (C=O) groups excluding carboxylic acids is 1. The van der Waals surface area contributed by atoms with E-state index in [1.54, 1.807) is 17.2 Å². The lowest BCUT2D eigenvalue weighted by Crippen LogP contribution is -2.43. The Morgan fingerprint density at radius 3 is 2.74 bits per heavy atom. The van der Waals surface area contributed by atoms with E-state index in [1.807, 2.05) is 42.3 Å². The van der Waals surface area contributed by atoms with Crippen LogP contribution in [0.15, 0.2) is 55.3 Å². The fraction of sp³-hybridized carbons (Fsp3) is 0.400. The highest BCUT2D eigenvalue weighted by atomic mass is 35.5. The van der Waals surface area contributed by atoms with Crippen molar-refractivity contribution in [3.8, 4) is 23.3 Å². The van der Waals surface area contributed by atoms with Gasteiger partial charge in [-0.3, -0.25) is 14.7 Å². The molecule has 2 atom stereocenters. The van der Waals surface area contributed by atoms with E-state index in [-0.39, 0.29) is 47.2 Å². The zero-order valence-corrected chi connectivity index (χ0v) is 26.5. The Morgan fingerprint density at radius 1 is 1.24 bits per heavy atom. The van der Waals surface area contributed by atoms with Gasteiger partial charge in [0.2, 0.25) is 5.91 Å². The fourth-order valence-electron chi connectivity index (χ4n) is 7.73. The lowest BCUT2D eigenvalue weighted by molar-refractivity contribution is -0.126. The Morgan fingerprint density at radius 2 is 2.00 bits per heavy atom. The molecule has 0 bridgehead atoms. The normalized spacial score (nSPS) is 20.6.